The maximum Gasteiger partial charge on any atom is 0.358 e. The number of rotatable bonds is 2. The number of carboxylic acid groups (broad SMARTS) is 1. The van der Waals surface area contributed by atoms with Crippen molar-refractivity contribution in [2.75, 3.05) is 0 Å². The first kappa shape index (κ1) is 14.7. The van der Waals surface area contributed by atoms with Crippen molar-refractivity contribution in [2.45, 2.75) is 0 Å². The molecule has 0 fully saturated rings. The van der Waals surface area contributed by atoms with E-state index in [9.17, 15) is 9.59 Å². The molecular weight excluding hydrogens is 337 g/mol. The van der Waals surface area contributed by atoms with Gasteiger partial charge in [0.25, 0.3) is 0 Å². The summed E-state index contributed by atoms with van der Waals surface area (Å²) in [5, 5.41) is 7.57. The van der Waals surface area contributed by atoms with Gasteiger partial charge in [-0.2, -0.15) is 0 Å². The molecule has 4 nitrogen and oxygen atoms in total. The largest absolute Gasteiger partial charge is 0.478 e. The first-order chi connectivity index (χ1) is 7.82. The highest BCUT2D eigenvalue weighted by Crippen LogP contribution is 2.41. The molecule has 0 aliphatic carbocycles. The summed E-state index contributed by atoms with van der Waals surface area (Å²) < 4.78 is 3.88. The minimum Gasteiger partial charge on any atom is -0.478 e. The fourth-order valence-electron chi connectivity index (χ4n) is 1.06. The average molecular weight is 338 g/mol. The Morgan fingerprint density at radius 2 is 1.29 bits per heavy atom. The monoisotopic (exact) mass is 336 g/mol. The second-order valence-corrected chi connectivity index (χ2v) is 4.34. The number of benzene rings is 1. The molecule has 1 aromatic rings. The van der Waals surface area contributed by atoms with Crippen molar-refractivity contribution in [2.24, 2.45) is 0 Å². The van der Waals surface area contributed by atoms with Crippen LogP contribution in [0.15, 0.2) is 0 Å². The van der Waals surface area contributed by atoms with Crippen molar-refractivity contribution < 1.29 is 19.0 Å². The molecule has 0 heterocycles. The zero-order chi connectivity index (χ0) is 13.3. The highest BCUT2D eigenvalue weighted by atomic mass is 35.5. The lowest BCUT2D eigenvalue weighted by molar-refractivity contribution is 0.0672. The Balaban J connectivity index is 3.78. The van der Waals surface area contributed by atoms with E-state index in [1.54, 1.807) is 0 Å². The van der Waals surface area contributed by atoms with Crippen LogP contribution < -0.4 is 0 Å². The maximum atomic E-state index is 11.3. The van der Waals surface area contributed by atoms with Crippen LogP contribution in [-0.4, -0.2) is 17.0 Å². The summed E-state index contributed by atoms with van der Waals surface area (Å²) in [5.74, 6) is -2.72. The van der Waals surface area contributed by atoms with Crippen LogP contribution in [0.1, 0.15) is 20.7 Å². The van der Waals surface area contributed by atoms with Crippen molar-refractivity contribution in [1.29, 1.82) is 0 Å². The van der Waals surface area contributed by atoms with E-state index in [1.807, 2.05) is 0 Å². The molecule has 0 aliphatic heterocycles. The number of halogens is 5. The van der Waals surface area contributed by atoms with Crippen molar-refractivity contribution in [3.8, 4) is 0 Å². The lowest BCUT2D eigenvalue weighted by Crippen LogP contribution is -2.11. The predicted molar refractivity (Wildman–Crippen MR) is 64.7 cm³/mol. The van der Waals surface area contributed by atoms with E-state index in [2.05, 4.69) is 4.29 Å². The second-order valence-electron chi connectivity index (χ2n) is 2.68. The maximum absolute atomic E-state index is 11.3. The highest BCUT2D eigenvalue weighted by Gasteiger charge is 2.29. The van der Waals surface area contributed by atoms with Crippen LogP contribution in [-0.2, 0) is 4.29 Å². The zero-order valence-corrected chi connectivity index (χ0v) is 11.3. The van der Waals surface area contributed by atoms with Crippen LogP contribution in [0.4, 0.5) is 0 Å². The normalized spacial score (nSPS) is 10.2. The zero-order valence-electron chi connectivity index (χ0n) is 7.56. The fourth-order valence-corrected chi connectivity index (χ4v) is 2.15. The minimum absolute atomic E-state index is 0.264. The molecular formula is C8HCl5O4. The number of carbonyl (C=O) groups excluding carboxylic acids is 1. The van der Waals surface area contributed by atoms with E-state index in [1.165, 1.54) is 0 Å². The van der Waals surface area contributed by atoms with Gasteiger partial charge in [-0.05, 0) is 0 Å². The van der Waals surface area contributed by atoms with Gasteiger partial charge in [-0.25, -0.2) is 9.59 Å². The van der Waals surface area contributed by atoms with Crippen LogP contribution in [0.3, 0.4) is 0 Å². The summed E-state index contributed by atoms with van der Waals surface area (Å²) in [6, 6.07) is 0. The topological polar surface area (TPSA) is 63.6 Å². The molecule has 0 unspecified atom stereocenters. The van der Waals surface area contributed by atoms with Crippen molar-refractivity contribution in [3.63, 3.8) is 0 Å². The molecule has 0 amide bonds. The van der Waals surface area contributed by atoms with Gasteiger partial charge in [0.15, 0.2) is 0 Å². The van der Waals surface area contributed by atoms with Gasteiger partial charge in [0, 0.05) is 0 Å². The molecule has 0 radical (unpaired) electrons. The molecule has 0 saturated carbocycles. The number of aromatic carboxylic acids is 1. The van der Waals surface area contributed by atoms with Crippen LogP contribution in [0.2, 0.25) is 20.1 Å². The third-order valence-corrected chi connectivity index (χ3v) is 3.70. The van der Waals surface area contributed by atoms with Gasteiger partial charge >= 0.3 is 11.9 Å². The molecule has 0 aromatic heterocycles. The van der Waals surface area contributed by atoms with Crippen LogP contribution in [0.25, 0.3) is 0 Å². The lowest BCUT2D eigenvalue weighted by atomic mass is 10.1. The number of carbonyl (C=O) groups is 2. The molecule has 0 saturated heterocycles. The lowest BCUT2D eigenvalue weighted by Gasteiger charge is -2.11. The number of hydrogen-bond donors (Lipinski definition) is 1. The van der Waals surface area contributed by atoms with E-state index in [0.717, 1.165) is 0 Å². The molecule has 0 atom stereocenters. The third kappa shape index (κ3) is 2.56. The Kier molecular flexibility index (Phi) is 4.75. The highest BCUT2D eigenvalue weighted by molar-refractivity contribution is 6.54. The van der Waals surface area contributed by atoms with E-state index < -0.39 is 33.1 Å². The Hall–Kier alpha value is -0.390. The SMILES string of the molecule is O=C(O)c1c(Cl)c(Cl)c(Cl)c(Cl)c1C(=O)OCl. The smallest absolute Gasteiger partial charge is 0.358 e. The number of carboxylic acids is 1. The van der Waals surface area contributed by atoms with Gasteiger partial charge < -0.3 is 9.40 Å². The molecule has 0 bridgehead atoms. The predicted octanol–water partition coefficient (Wildman–Crippen LogP) is 4.31. The first-order valence-corrected chi connectivity index (χ1v) is 5.57. The van der Waals surface area contributed by atoms with Gasteiger partial charge in [0.2, 0.25) is 0 Å². The fraction of sp³-hybridized carbons (Fsp3) is 0. The molecule has 0 spiro atoms. The van der Waals surface area contributed by atoms with E-state index in [-0.39, 0.29) is 10.0 Å². The molecule has 1 rings (SSSR count). The van der Waals surface area contributed by atoms with Gasteiger partial charge in [0.05, 0.1) is 31.2 Å². The Bertz CT molecular complexity index is 513. The van der Waals surface area contributed by atoms with Gasteiger partial charge in [0.1, 0.15) is 11.9 Å². The molecule has 9 heteroatoms. The summed E-state index contributed by atoms with van der Waals surface area (Å²) in [6.07, 6.45) is 0. The summed E-state index contributed by atoms with van der Waals surface area (Å²) >= 11 is 27.5. The third-order valence-electron chi connectivity index (χ3n) is 1.76. The Labute approximate surface area is 120 Å². The summed E-state index contributed by atoms with van der Waals surface area (Å²) in [4.78, 5) is 22.3. The number of hydrogen-bond acceptors (Lipinski definition) is 3. The Morgan fingerprint density at radius 1 is 0.882 bits per heavy atom. The molecule has 1 N–H and O–H groups in total. The van der Waals surface area contributed by atoms with E-state index in [4.69, 9.17) is 63.4 Å². The molecule has 0 aliphatic rings. The van der Waals surface area contributed by atoms with Gasteiger partial charge in [-0.15, -0.1) is 0 Å². The summed E-state index contributed by atoms with van der Waals surface area (Å²) in [6.45, 7) is 0. The molecule has 1 aromatic carbocycles. The summed E-state index contributed by atoms with van der Waals surface area (Å²) in [5.41, 5.74) is -1.19. The van der Waals surface area contributed by atoms with Crippen molar-refractivity contribution in [1.82, 2.24) is 0 Å². The van der Waals surface area contributed by atoms with E-state index >= 15 is 0 Å². The van der Waals surface area contributed by atoms with Crippen LogP contribution in [0, 0.1) is 0 Å². The first-order valence-electron chi connectivity index (χ1n) is 3.75. The quantitative estimate of drug-likeness (QED) is 0.645. The summed E-state index contributed by atoms with van der Waals surface area (Å²) in [7, 11) is 0. The van der Waals surface area contributed by atoms with Crippen molar-refractivity contribution in [3.05, 3.63) is 31.2 Å². The average Bonchev–Trinajstić information content (AvgIpc) is 2.29. The minimum atomic E-state index is -1.52. The van der Waals surface area contributed by atoms with Crippen LogP contribution in [0.5, 0.6) is 0 Å². The van der Waals surface area contributed by atoms with Crippen molar-refractivity contribution >= 4 is 70.2 Å². The van der Waals surface area contributed by atoms with Gasteiger partial charge in [-0.1, -0.05) is 46.4 Å². The molecule has 17 heavy (non-hydrogen) atoms. The second kappa shape index (κ2) is 5.50. The van der Waals surface area contributed by atoms with E-state index in [0.29, 0.717) is 0 Å². The van der Waals surface area contributed by atoms with Gasteiger partial charge in [-0.3, -0.25) is 0 Å². The Morgan fingerprint density at radius 3 is 1.65 bits per heavy atom. The molecule has 92 valence electrons. The van der Waals surface area contributed by atoms with Crippen LogP contribution >= 0.6 is 58.3 Å². The standard InChI is InChI=1S/C8HCl5O4/c9-3-1(7(14)15)2(8(16)17-13)4(10)6(12)5(3)11/h(H,14,15).